The molecule has 1 heterocycles. The van der Waals surface area contributed by atoms with Crippen molar-refractivity contribution < 1.29 is 42.6 Å². The zero-order valence-corrected chi connectivity index (χ0v) is 25.0. The van der Waals surface area contributed by atoms with Gasteiger partial charge < -0.3 is 37.9 Å². The van der Waals surface area contributed by atoms with Crippen molar-refractivity contribution in [1.29, 1.82) is 0 Å². The van der Waals surface area contributed by atoms with Gasteiger partial charge >= 0.3 is 6.03 Å². The molecule has 11 nitrogen and oxygen atoms in total. The van der Waals surface area contributed by atoms with Gasteiger partial charge in [0.05, 0.1) is 60.0 Å². The van der Waals surface area contributed by atoms with Crippen LogP contribution >= 0.6 is 12.0 Å². The maximum atomic E-state index is 12.8. The van der Waals surface area contributed by atoms with Crippen molar-refractivity contribution >= 4 is 23.8 Å². The molecule has 2 aromatic carbocycles. The lowest BCUT2D eigenvalue weighted by Gasteiger charge is -2.23. The summed E-state index contributed by atoms with van der Waals surface area (Å²) in [5.74, 6) is 2.35. The molecule has 0 saturated carbocycles. The second kappa shape index (κ2) is 15.1. The quantitative estimate of drug-likeness (QED) is 0.113. The minimum absolute atomic E-state index is 0.202. The number of carbonyl (C=O) groups is 1. The van der Waals surface area contributed by atoms with Crippen molar-refractivity contribution in [3.05, 3.63) is 35.4 Å². The first kappa shape index (κ1) is 31.5. The monoisotopic (exact) mass is 580 g/mol. The van der Waals surface area contributed by atoms with Crippen molar-refractivity contribution in [2.45, 2.75) is 57.2 Å². The molecule has 2 amide bonds. The third-order valence-corrected chi connectivity index (χ3v) is 7.02. The Kier molecular flexibility index (Phi) is 11.9. The lowest BCUT2D eigenvalue weighted by atomic mass is 10.0. The summed E-state index contributed by atoms with van der Waals surface area (Å²) in [6, 6.07) is 6.73. The molecule has 0 aliphatic carbocycles. The Morgan fingerprint density at radius 3 is 2.02 bits per heavy atom. The number of nitrogens with one attached hydrogen (secondary N) is 1. The molecule has 40 heavy (non-hydrogen) atoms. The summed E-state index contributed by atoms with van der Waals surface area (Å²) in [7, 11) is 7.79. The predicted octanol–water partition coefficient (Wildman–Crippen LogP) is 6.36. The highest BCUT2D eigenvalue weighted by molar-refractivity contribution is 7.95. The van der Waals surface area contributed by atoms with Gasteiger partial charge in [-0.25, -0.2) is 9.86 Å². The van der Waals surface area contributed by atoms with Crippen LogP contribution in [0.25, 0.3) is 0 Å². The lowest BCUT2D eigenvalue weighted by molar-refractivity contribution is -0.0379. The highest BCUT2D eigenvalue weighted by Gasteiger charge is 2.31. The molecular weight excluding hydrogens is 540 g/mol. The minimum atomic E-state index is -0.674. The molecule has 1 aliphatic rings. The topological polar surface area (TPSA) is 117 Å². The molecule has 12 heteroatoms. The number of hydrogen-bond acceptors (Lipinski definition) is 10. The van der Waals surface area contributed by atoms with Crippen LogP contribution in [0, 0.1) is 0 Å². The van der Waals surface area contributed by atoms with Crippen molar-refractivity contribution in [2.75, 3.05) is 47.4 Å². The molecule has 222 valence electrons. The Morgan fingerprint density at radius 2 is 1.52 bits per heavy atom. The maximum Gasteiger partial charge on any atom is 0.345 e. The number of methoxy groups -OCH3 is 4. The van der Waals surface area contributed by atoms with E-state index in [1.54, 1.807) is 34.5 Å². The second-order valence-electron chi connectivity index (χ2n) is 9.10. The van der Waals surface area contributed by atoms with Crippen LogP contribution in [0.5, 0.6) is 28.7 Å². The zero-order valence-electron chi connectivity index (χ0n) is 24.1. The number of benzene rings is 2. The van der Waals surface area contributed by atoms with Crippen LogP contribution in [0.3, 0.4) is 0 Å². The molecule has 3 rings (SSSR count). The van der Waals surface area contributed by atoms with E-state index in [0.29, 0.717) is 45.9 Å². The Morgan fingerprint density at radius 1 is 0.975 bits per heavy atom. The third-order valence-electron chi connectivity index (χ3n) is 6.46. The number of hydrogen-bond donors (Lipinski definition) is 2. The number of nitrogens with zero attached hydrogens (tertiary/aromatic N) is 1. The molecule has 1 saturated heterocycles. The van der Waals surface area contributed by atoms with E-state index in [9.17, 15) is 10.0 Å². The van der Waals surface area contributed by atoms with Gasteiger partial charge in [0.2, 0.25) is 5.75 Å². The average molecular weight is 581 g/mol. The van der Waals surface area contributed by atoms with E-state index in [1.165, 1.54) is 7.11 Å². The van der Waals surface area contributed by atoms with E-state index in [4.69, 9.17) is 32.6 Å². The van der Waals surface area contributed by atoms with Gasteiger partial charge in [0, 0.05) is 12.0 Å². The predicted molar refractivity (Wildman–Crippen MR) is 152 cm³/mol. The summed E-state index contributed by atoms with van der Waals surface area (Å²) < 4.78 is 39.8. The van der Waals surface area contributed by atoms with Crippen LogP contribution in [0.15, 0.2) is 24.3 Å². The SMILES string of the molecule is CCCCN(O)C(=O)Nc1cc(C2CCC(c3cc(OC)c(OC)c(OC)c3)O2)cc(OC)c1OC(C)SOC. The van der Waals surface area contributed by atoms with Crippen LogP contribution in [0.4, 0.5) is 10.5 Å². The van der Waals surface area contributed by atoms with Gasteiger partial charge in [0.25, 0.3) is 0 Å². The van der Waals surface area contributed by atoms with E-state index in [2.05, 4.69) is 5.32 Å². The highest BCUT2D eigenvalue weighted by Crippen LogP contribution is 2.48. The Labute approximate surface area is 240 Å². The minimum Gasteiger partial charge on any atom is -0.493 e. The molecule has 0 bridgehead atoms. The van der Waals surface area contributed by atoms with Crippen LogP contribution in [-0.4, -0.2) is 63.8 Å². The van der Waals surface area contributed by atoms with Crippen LogP contribution in [0.2, 0.25) is 0 Å². The molecule has 2 N–H and O–H groups in total. The van der Waals surface area contributed by atoms with E-state index >= 15 is 0 Å². The first-order valence-corrected chi connectivity index (χ1v) is 13.9. The van der Waals surface area contributed by atoms with Gasteiger partial charge in [0.1, 0.15) is 0 Å². The van der Waals surface area contributed by atoms with Crippen molar-refractivity contribution in [3.8, 4) is 28.7 Å². The highest BCUT2D eigenvalue weighted by atomic mass is 32.2. The summed E-state index contributed by atoms with van der Waals surface area (Å²) in [4.78, 5) is 12.8. The number of ether oxygens (including phenoxy) is 6. The summed E-state index contributed by atoms with van der Waals surface area (Å²) in [5.41, 5.74) is 1.63. The van der Waals surface area contributed by atoms with Gasteiger partial charge in [-0.3, -0.25) is 5.21 Å². The van der Waals surface area contributed by atoms with E-state index in [-0.39, 0.29) is 18.8 Å². The number of hydroxylamine groups is 2. The number of amides is 2. The first-order valence-electron chi connectivity index (χ1n) is 13.1. The molecule has 1 fully saturated rings. The molecular formula is C28H40N2O9S. The van der Waals surface area contributed by atoms with E-state index in [0.717, 1.165) is 42.4 Å². The molecule has 0 aromatic heterocycles. The summed E-state index contributed by atoms with van der Waals surface area (Å²) in [6.07, 6.45) is 2.44. The van der Waals surface area contributed by atoms with Crippen LogP contribution < -0.4 is 29.0 Å². The fourth-order valence-corrected chi connectivity index (χ4v) is 4.91. The van der Waals surface area contributed by atoms with Gasteiger partial charge in [-0.05, 0) is 61.6 Å². The van der Waals surface area contributed by atoms with E-state index in [1.807, 2.05) is 32.0 Å². The van der Waals surface area contributed by atoms with Crippen LogP contribution in [-0.2, 0) is 8.92 Å². The third kappa shape index (κ3) is 7.57. The second-order valence-corrected chi connectivity index (χ2v) is 10.3. The summed E-state index contributed by atoms with van der Waals surface area (Å²) in [5, 5.41) is 13.7. The van der Waals surface area contributed by atoms with Gasteiger partial charge in [0.15, 0.2) is 28.4 Å². The average Bonchev–Trinajstić information content (AvgIpc) is 3.46. The summed E-state index contributed by atoms with van der Waals surface area (Å²) in [6.45, 7) is 4.00. The number of carbonyl (C=O) groups excluding carboxylic acids is 1. The molecule has 3 atom stereocenters. The maximum absolute atomic E-state index is 12.8. The van der Waals surface area contributed by atoms with Gasteiger partial charge in [-0.15, -0.1) is 0 Å². The zero-order chi connectivity index (χ0) is 29.2. The molecule has 0 radical (unpaired) electrons. The smallest absolute Gasteiger partial charge is 0.345 e. The number of unbranched alkanes of at least 4 members (excludes halogenated alkanes) is 1. The fourth-order valence-electron chi connectivity index (χ4n) is 4.50. The lowest BCUT2D eigenvalue weighted by Crippen LogP contribution is -2.33. The standard InChI is InChI=1S/C28H40N2O9S/c1-8-9-12-30(32)28(31)29-20-13-18(14-23(33-3)26(20)38-17(2)40-37-7)21-10-11-22(39-21)19-15-24(34-4)27(36-6)25(16-19)35-5/h13-17,21-22,32H,8-12H2,1-7H3,(H,29,31). The molecule has 3 unspecified atom stereocenters. The Bertz CT molecular complexity index is 1110. The number of rotatable bonds is 14. The largest absolute Gasteiger partial charge is 0.493 e. The Balaban J connectivity index is 1.93. The van der Waals surface area contributed by atoms with Crippen LogP contribution in [0.1, 0.15) is 62.9 Å². The van der Waals surface area contributed by atoms with Crippen molar-refractivity contribution in [2.24, 2.45) is 0 Å². The fraction of sp³-hybridized carbons (Fsp3) is 0.536. The van der Waals surface area contributed by atoms with E-state index < -0.39 is 11.5 Å². The molecule has 0 spiro atoms. The van der Waals surface area contributed by atoms with Crippen molar-refractivity contribution in [3.63, 3.8) is 0 Å². The molecule has 2 aromatic rings. The van der Waals surface area contributed by atoms with Gasteiger partial charge in [-0.1, -0.05) is 13.3 Å². The number of anilines is 1. The molecule has 1 aliphatic heterocycles. The normalized spacial score (nSPS) is 17.2. The number of urea groups is 1. The van der Waals surface area contributed by atoms with Crippen molar-refractivity contribution in [1.82, 2.24) is 5.06 Å². The first-order chi connectivity index (χ1) is 19.3. The van der Waals surface area contributed by atoms with Gasteiger partial charge in [-0.2, -0.15) is 0 Å². The Hall–Kier alpha value is -3.06. The summed E-state index contributed by atoms with van der Waals surface area (Å²) >= 11 is 1.12.